The molecule has 3 rings (SSSR count). The highest BCUT2D eigenvalue weighted by Gasteiger charge is 2.11. The number of anilines is 1. The molecule has 21 heavy (non-hydrogen) atoms. The van der Waals surface area contributed by atoms with Gasteiger partial charge in [-0.3, -0.25) is 0 Å². The number of aryl methyl sites for hydroxylation is 1. The molecule has 6 heteroatoms. The molecule has 0 spiro atoms. The number of halogens is 1. The summed E-state index contributed by atoms with van der Waals surface area (Å²) in [4.78, 5) is 1.30. The quantitative estimate of drug-likeness (QED) is 0.743. The van der Waals surface area contributed by atoms with Crippen LogP contribution in [0.4, 0.5) is 5.69 Å². The SMILES string of the molecule is CC(Nc1ccc(-c2nncn2C)cc1)c1sccc1Br. The molecule has 4 nitrogen and oxygen atoms in total. The first-order valence-electron chi connectivity index (χ1n) is 6.59. The van der Waals surface area contributed by atoms with E-state index in [4.69, 9.17) is 0 Å². The average Bonchev–Trinajstić information content (AvgIpc) is 3.08. The largest absolute Gasteiger partial charge is 0.378 e. The zero-order valence-electron chi connectivity index (χ0n) is 11.7. The molecule has 0 saturated carbocycles. The van der Waals surface area contributed by atoms with Crippen molar-refractivity contribution in [3.05, 3.63) is 51.4 Å². The predicted molar refractivity (Wildman–Crippen MR) is 90.5 cm³/mol. The number of hydrogen-bond donors (Lipinski definition) is 1. The van der Waals surface area contributed by atoms with Crippen LogP contribution in [-0.4, -0.2) is 14.8 Å². The van der Waals surface area contributed by atoms with E-state index in [1.165, 1.54) is 4.88 Å². The highest BCUT2D eigenvalue weighted by atomic mass is 79.9. The standard InChI is InChI=1S/C15H15BrN4S/c1-10(14-13(16)7-8-21-14)18-12-5-3-11(4-6-12)15-19-17-9-20(15)2/h3-10,18H,1-2H3. The second-order valence-corrected chi connectivity index (χ2v) is 6.64. The second kappa shape index (κ2) is 5.99. The lowest BCUT2D eigenvalue weighted by molar-refractivity contribution is 0.902. The van der Waals surface area contributed by atoms with Gasteiger partial charge in [0, 0.05) is 27.6 Å². The third-order valence-corrected chi connectivity index (χ3v) is 5.33. The first-order valence-corrected chi connectivity index (χ1v) is 8.26. The normalized spacial score (nSPS) is 12.3. The van der Waals surface area contributed by atoms with Crippen LogP contribution in [0.3, 0.4) is 0 Å². The molecule has 0 aliphatic rings. The van der Waals surface area contributed by atoms with E-state index in [1.54, 1.807) is 17.7 Å². The van der Waals surface area contributed by atoms with E-state index in [0.29, 0.717) is 0 Å². The van der Waals surface area contributed by atoms with E-state index in [2.05, 4.69) is 74.1 Å². The Morgan fingerprint density at radius 1 is 1.24 bits per heavy atom. The third kappa shape index (κ3) is 3.01. The van der Waals surface area contributed by atoms with E-state index >= 15 is 0 Å². The van der Waals surface area contributed by atoms with E-state index < -0.39 is 0 Å². The van der Waals surface area contributed by atoms with Crippen LogP contribution in [0.25, 0.3) is 11.4 Å². The fourth-order valence-corrected chi connectivity index (χ4v) is 3.92. The highest BCUT2D eigenvalue weighted by molar-refractivity contribution is 9.10. The molecular weight excluding hydrogens is 348 g/mol. The lowest BCUT2D eigenvalue weighted by Crippen LogP contribution is -2.05. The van der Waals surface area contributed by atoms with Crippen LogP contribution in [0.1, 0.15) is 17.8 Å². The molecule has 0 radical (unpaired) electrons. The van der Waals surface area contributed by atoms with Crippen molar-refractivity contribution >= 4 is 33.0 Å². The van der Waals surface area contributed by atoms with Gasteiger partial charge in [-0.15, -0.1) is 21.5 Å². The minimum absolute atomic E-state index is 0.264. The zero-order valence-corrected chi connectivity index (χ0v) is 14.1. The first kappa shape index (κ1) is 14.3. The Hall–Kier alpha value is -1.66. The van der Waals surface area contributed by atoms with Crippen LogP contribution in [0, 0.1) is 0 Å². The first-order chi connectivity index (χ1) is 10.1. The Morgan fingerprint density at radius 3 is 2.57 bits per heavy atom. The second-order valence-electron chi connectivity index (χ2n) is 4.84. The Morgan fingerprint density at radius 2 is 2.00 bits per heavy atom. The van der Waals surface area contributed by atoms with Crippen LogP contribution in [0.15, 0.2) is 46.5 Å². The van der Waals surface area contributed by atoms with Crippen LogP contribution >= 0.6 is 27.3 Å². The molecule has 0 bridgehead atoms. The van der Waals surface area contributed by atoms with Gasteiger partial charge in [-0.2, -0.15) is 0 Å². The molecule has 108 valence electrons. The van der Waals surface area contributed by atoms with Gasteiger partial charge in [0.05, 0.1) is 6.04 Å². The molecule has 0 aliphatic carbocycles. The number of rotatable bonds is 4. The average molecular weight is 363 g/mol. The molecule has 2 aromatic heterocycles. The Balaban J connectivity index is 1.76. The van der Waals surface area contributed by atoms with E-state index in [0.717, 1.165) is 21.5 Å². The number of thiophene rings is 1. The molecule has 0 saturated heterocycles. The molecule has 0 aliphatic heterocycles. The van der Waals surface area contributed by atoms with Crippen LogP contribution in [0.5, 0.6) is 0 Å². The van der Waals surface area contributed by atoms with E-state index in [-0.39, 0.29) is 6.04 Å². The molecular formula is C15H15BrN4S. The lowest BCUT2D eigenvalue weighted by Gasteiger charge is -2.14. The van der Waals surface area contributed by atoms with Crippen molar-refractivity contribution in [2.45, 2.75) is 13.0 Å². The minimum Gasteiger partial charge on any atom is -0.378 e. The molecule has 1 atom stereocenters. The van der Waals surface area contributed by atoms with Crippen molar-refractivity contribution < 1.29 is 0 Å². The van der Waals surface area contributed by atoms with Crippen molar-refractivity contribution in [1.29, 1.82) is 0 Å². The predicted octanol–water partition coefficient (Wildman–Crippen LogP) is 4.48. The van der Waals surface area contributed by atoms with Crippen molar-refractivity contribution in [3.8, 4) is 11.4 Å². The number of nitrogens with zero attached hydrogens (tertiary/aromatic N) is 3. The van der Waals surface area contributed by atoms with E-state index in [9.17, 15) is 0 Å². The number of nitrogens with one attached hydrogen (secondary N) is 1. The van der Waals surface area contributed by atoms with Gasteiger partial charge < -0.3 is 9.88 Å². The molecule has 1 unspecified atom stereocenters. The smallest absolute Gasteiger partial charge is 0.163 e. The molecule has 0 fully saturated rings. The Bertz CT molecular complexity index is 732. The highest BCUT2D eigenvalue weighted by Crippen LogP contribution is 2.31. The van der Waals surface area contributed by atoms with E-state index in [1.807, 2.05) is 11.6 Å². The van der Waals surface area contributed by atoms with Gasteiger partial charge in [0.2, 0.25) is 0 Å². The van der Waals surface area contributed by atoms with Crippen molar-refractivity contribution in [1.82, 2.24) is 14.8 Å². The van der Waals surface area contributed by atoms with Crippen molar-refractivity contribution in [2.75, 3.05) is 5.32 Å². The molecule has 0 amide bonds. The van der Waals surface area contributed by atoms with Gasteiger partial charge in [-0.25, -0.2) is 0 Å². The van der Waals surface area contributed by atoms with Gasteiger partial charge >= 0.3 is 0 Å². The summed E-state index contributed by atoms with van der Waals surface area (Å²) >= 11 is 5.33. The summed E-state index contributed by atoms with van der Waals surface area (Å²) < 4.78 is 3.07. The lowest BCUT2D eigenvalue weighted by atomic mass is 10.1. The molecule has 1 aromatic carbocycles. The summed E-state index contributed by atoms with van der Waals surface area (Å²) in [5.41, 5.74) is 2.15. The van der Waals surface area contributed by atoms with Gasteiger partial charge in [0.25, 0.3) is 0 Å². The van der Waals surface area contributed by atoms with Crippen LogP contribution < -0.4 is 5.32 Å². The van der Waals surface area contributed by atoms with Gasteiger partial charge in [-0.05, 0) is 58.6 Å². The van der Waals surface area contributed by atoms with Gasteiger partial charge in [0.15, 0.2) is 5.82 Å². The van der Waals surface area contributed by atoms with Crippen LogP contribution in [0.2, 0.25) is 0 Å². The van der Waals surface area contributed by atoms with Crippen LogP contribution in [-0.2, 0) is 7.05 Å². The zero-order chi connectivity index (χ0) is 14.8. The fourth-order valence-electron chi connectivity index (χ4n) is 2.19. The number of benzene rings is 1. The fraction of sp³-hybridized carbons (Fsp3) is 0.200. The maximum absolute atomic E-state index is 4.12. The van der Waals surface area contributed by atoms with Crippen molar-refractivity contribution in [2.24, 2.45) is 7.05 Å². The summed E-state index contributed by atoms with van der Waals surface area (Å²) in [6.45, 7) is 2.16. The third-order valence-electron chi connectivity index (χ3n) is 3.28. The maximum atomic E-state index is 4.12. The summed E-state index contributed by atoms with van der Waals surface area (Å²) in [6.07, 6.45) is 1.71. The van der Waals surface area contributed by atoms with Crippen molar-refractivity contribution in [3.63, 3.8) is 0 Å². The number of aromatic nitrogens is 3. The summed E-state index contributed by atoms with van der Waals surface area (Å²) in [5, 5.41) is 13.6. The summed E-state index contributed by atoms with van der Waals surface area (Å²) in [6, 6.07) is 10.6. The van der Waals surface area contributed by atoms with Gasteiger partial charge in [-0.1, -0.05) is 0 Å². The van der Waals surface area contributed by atoms with Gasteiger partial charge in [0.1, 0.15) is 6.33 Å². The topological polar surface area (TPSA) is 42.7 Å². The molecule has 3 aromatic rings. The number of hydrogen-bond acceptors (Lipinski definition) is 4. The molecule has 2 heterocycles. The molecule has 1 N–H and O–H groups in total. The maximum Gasteiger partial charge on any atom is 0.163 e. The Kier molecular flexibility index (Phi) is 4.07. The minimum atomic E-state index is 0.264. The summed E-state index contributed by atoms with van der Waals surface area (Å²) in [7, 11) is 1.94. The monoisotopic (exact) mass is 362 g/mol. The Labute approximate surface area is 136 Å². The summed E-state index contributed by atoms with van der Waals surface area (Å²) in [5.74, 6) is 0.871.